The second-order valence-corrected chi connectivity index (χ2v) is 6.98. The molecule has 154 valence electrons. The fourth-order valence-corrected chi connectivity index (χ4v) is 2.69. The molecule has 0 radical (unpaired) electrons. The van der Waals surface area contributed by atoms with Gasteiger partial charge in [-0.3, -0.25) is 10.1 Å². The smallest absolute Gasteiger partial charge is 0.310 e. The summed E-state index contributed by atoms with van der Waals surface area (Å²) in [6, 6.07) is 14.0. The Hall–Kier alpha value is -2.35. The maximum atomic E-state index is 11.0. The van der Waals surface area contributed by atoms with Gasteiger partial charge in [-0.05, 0) is 44.0 Å². The van der Waals surface area contributed by atoms with Gasteiger partial charge in [-0.25, -0.2) is 0 Å². The summed E-state index contributed by atoms with van der Waals surface area (Å²) in [6.45, 7) is 4.37. The number of nitrogens with one attached hydrogen (secondary N) is 1. The summed E-state index contributed by atoms with van der Waals surface area (Å²) in [5.41, 5.74) is 0.797. The van der Waals surface area contributed by atoms with E-state index < -0.39 is 11.0 Å². The molecule has 8 heteroatoms. The summed E-state index contributed by atoms with van der Waals surface area (Å²) in [5.74, 6) is 0.964. The third-order valence-corrected chi connectivity index (χ3v) is 4.11. The molecular formula is C20H27ClN2O5. The van der Waals surface area contributed by atoms with Crippen LogP contribution in [0.5, 0.6) is 11.5 Å². The van der Waals surface area contributed by atoms with E-state index in [1.165, 1.54) is 12.1 Å². The molecule has 28 heavy (non-hydrogen) atoms. The van der Waals surface area contributed by atoms with Crippen LogP contribution in [0.15, 0.2) is 48.5 Å². The number of hydrogen-bond donors (Lipinski definition) is 2. The van der Waals surface area contributed by atoms with Crippen LogP contribution in [-0.4, -0.2) is 41.9 Å². The summed E-state index contributed by atoms with van der Waals surface area (Å²) < 4.78 is 10.6. The third kappa shape index (κ3) is 7.34. The largest absolute Gasteiger partial charge is 0.497 e. The van der Waals surface area contributed by atoms with Gasteiger partial charge in [0, 0.05) is 18.2 Å². The van der Waals surface area contributed by atoms with Crippen LogP contribution in [-0.2, 0) is 6.42 Å². The van der Waals surface area contributed by atoms with Gasteiger partial charge in [0.25, 0.3) is 0 Å². The normalized spacial score (nSPS) is 12.0. The first-order chi connectivity index (χ1) is 12.8. The molecule has 0 aliphatic heterocycles. The van der Waals surface area contributed by atoms with E-state index in [0.29, 0.717) is 6.54 Å². The average molecular weight is 411 g/mol. The number of halogens is 1. The fourth-order valence-electron chi connectivity index (χ4n) is 2.69. The molecule has 0 saturated heterocycles. The van der Waals surface area contributed by atoms with Crippen molar-refractivity contribution in [2.45, 2.75) is 31.9 Å². The first-order valence-corrected chi connectivity index (χ1v) is 8.73. The van der Waals surface area contributed by atoms with Gasteiger partial charge in [0.2, 0.25) is 0 Å². The Morgan fingerprint density at radius 3 is 2.43 bits per heavy atom. The predicted octanol–water partition coefficient (Wildman–Crippen LogP) is 3.38. The number of rotatable bonds is 10. The van der Waals surface area contributed by atoms with Crippen LogP contribution in [0.3, 0.4) is 0 Å². The van der Waals surface area contributed by atoms with Crippen molar-refractivity contribution in [2.75, 3.05) is 20.3 Å². The second kappa shape index (κ2) is 10.8. The topological polar surface area (TPSA) is 93.9 Å². The highest BCUT2D eigenvalue weighted by Gasteiger charge is 2.20. The monoisotopic (exact) mass is 410 g/mol. The number of nitro benzene ring substituents is 1. The van der Waals surface area contributed by atoms with E-state index in [-0.39, 0.29) is 36.0 Å². The summed E-state index contributed by atoms with van der Waals surface area (Å²) in [6.07, 6.45) is -0.0192. The molecule has 0 saturated carbocycles. The molecule has 0 spiro atoms. The Balaban J connectivity index is 0.00000392. The molecule has 0 aliphatic carbocycles. The molecule has 0 aromatic heterocycles. The molecule has 0 aliphatic rings. The Labute approximate surface area is 171 Å². The highest BCUT2D eigenvalue weighted by Crippen LogP contribution is 2.25. The first kappa shape index (κ1) is 23.7. The van der Waals surface area contributed by atoms with E-state index in [1.54, 1.807) is 19.2 Å². The van der Waals surface area contributed by atoms with Gasteiger partial charge in [-0.15, -0.1) is 12.4 Å². The number of hydrogen-bond acceptors (Lipinski definition) is 6. The average Bonchev–Trinajstić information content (AvgIpc) is 2.65. The Morgan fingerprint density at radius 1 is 1.18 bits per heavy atom. The standard InChI is InChI=1S/C20H26N2O5.ClH/c1-20(2,12-15-8-10-17(26-3)11-9-15)21-13-16(23)14-27-19-7-5-4-6-18(19)22(24)25;/h4-11,16,21,23H,12-14H2,1-3H3;1H. The number of aliphatic hydroxyl groups is 1. The van der Waals surface area contributed by atoms with Crippen LogP contribution < -0.4 is 14.8 Å². The minimum absolute atomic E-state index is 0. The van der Waals surface area contributed by atoms with Gasteiger partial charge in [0.15, 0.2) is 5.75 Å². The third-order valence-electron chi connectivity index (χ3n) is 4.11. The van der Waals surface area contributed by atoms with Crippen LogP contribution in [0.1, 0.15) is 19.4 Å². The van der Waals surface area contributed by atoms with Gasteiger partial charge >= 0.3 is 5.69 Å². The van der Waals surface area contributed by atoms with Crippen molar-refractivity contribution in [1.29, 1.82) is 0 Å². The molecule has 1 unspecified atom stereocenters. The molecular weight excluding hydrogens is 384 g/mol. The quantitative estimate of drug-likeness (QED) is 0.460. The van der Waals surface area contributed by atoms with Crippen molar-refractivity contribution < 1.29 is 19.5 Å². The molecule has 0 heterocycles. The van der Waals surface area contributed by atoms with E-state index in [1.807, 2.05) is 38.1 Å². The molecule has 2 rings (SSSR count). The first-order valence-electron chi connectivity index (χ1n) is 8.73. The van der Waals surface area contributed by atoms with Crippen molar-refractivity contribution in [3.05, 3.63) is 64.2 Å². The van der Waals surface area contributed by atoms with Crippen LogP contribution >= 0.6 is 12.4 Å². The number of nitrogens with zero attached hydrogens (tertiary/aromatic N) is 1. The number of β-amino-alcohol motifs (C(OH)–C–C–N with tert-alkyl or cyclic N) is 1. The zero-order valence-electron chi connectivity index (χ0n) is 16.3. The number of methoxy groups -OCH3 is 1. The van der Waals surface area contributed by atoms with E-state index in [9.17, 15) is 15.2 Å². The molecule has 1 atom stereocenters. The van der Waals surface area contributed by atoms with Crippen LogP contribution in [0.25, 0.3) is 0 Å². The van der Waals surface area contributed by atoms with E-state index in [2.05, 4.69) is 5.32 Å². The number of nitro groups is 1. The highest BCUT2D eigenvalue weighted by molar-refractivity contribution is 5.85. The molecule has 0 fully saturated rings. The fraction of sp³-hybridized carbons (Fsp3) is 0.400. The SMILES string of the molecule is COc1ccc(CC(C)(C)NCC(O)COc2ccccc2[N+](=O)[O-])cc1.Cl. The Morgan fingerprint density at radius 2 is 1.82 bits per heavy atom. The molecule has 7 nitrogen and oxygen atoms in total. The molecule has 0 amide bonds. The van der Waals surface area contributed by atoms with E-state index in [4.69, 9.17) is 9.47 Å². The van der Waals surface area contributed by atoms with Crippen molar-refractivity contribution >= 4 is 18.1 Å². The van der Waals surface area contributed by atoms with Gasteiger partial charge < -0.3 is 19.9 Å². The van der Waals surface area contributed by atoms with E-state index in [0.717, 1.165) is 17.7 Å². The number of ether oxygens (including phenoxy) is 2. The van der Waals surface area contributed by atoms with Crippen molar-refractivity contribution in [2.24, 2.45) is 0 Å². The zero-order valence-corrected chi connectivity index (χ0v) is 17.1. The second-order valence-electron chi connectivity index (χ2n) is 6.98. The lowest BCUT2D eigenvalue weighted by Crippen LogP contribution is -2.46. The highest BCUT2D eigenvalue weighted by atomic mass is 35.5. The number of aliphatic hydroxyl groups excluding tert-OH is 1. The lowest BCUT2D eigenvalue weighted by molar-refractivity contribution is -0.385. The molecule has 2 N–H and O–H groups in total. The van der Waals surface area contributed by atoms with Gasteiger partial charge in [-0.2, -0.15) is 0 Å². The lowest BCUT2D eigenvalue weighted by atomic mass is 9.94. The lowest BCUT2D eigenvalue weighted by Gasteiger charge is -2.28. The van der Waals surface area contributed by atoms with Crippen molar-refractivity contribution in [3.8, 4) is 11.5 Å². The zero-order chi connectivity index (χ0) is 19.9. The molecule has 0 bridgehead atoms. The predicted molar refractivity (Wildman–Crippen MR) is 111 cm³/mol. The maximum absolute atomic E-state index is 11.0. The number of para-hydroxylation sites is 2. The Kier molecular flexibility index (Phi) is 9.18. The van der Waals surface area contributed by atoms with Gasteiger partial charge in [0.05, 0.1) is 12.0 Å². The minimum atomic E-state index is -0.792. The number of benzene rings is 2. The summed E-state index contributed by atoms with van der Waals surface area (Å²) in [5, 5.41) is 24.5. The Bertz CT molecular complexity index is 753. The van der Waals surface area contributed by atoms with Crippen LogP contribution in [0.4, 0.5) is 5.69 Å². The van der Waals surface area contributed by atoms with Crippen molar-refractivity contribution in [3.63, 3.8) is 0 Å². The van der Waals surface area contributed by atoms with Crippen LogP contribution in [0, 0.1) is 10.1 Å². The molecule has 2 aromatic rings. The summed E-state index contributed by atoms with van der Waals surface area (Å²) >= 11 is 0. The van der Waals surface area contributed by atoms with Crippen LogP contribution in [0.2, 0.25) is 0 Å². The summed E-state index contributed by atoms with van der Waals surface area (Å²) in [4.78, 5) is 10.5. The maximum Gasteiger partial charge on any atom is 0.310 e. The van der Waals surface area contributed by atoms with E-state index >= 15 is 0 Å². The molecule has 2 aromatic carbocycles. The van der Waals surface area contributed by atoms with Crippen molar-refractivity contribution in [1.82, 2.24) is 5.32 Å². The summed E-state index contributed by atoms with van der Waals surface area (Å²) in [7, 11) is 1.63. The minimum Gasteiger partial charge on any atom is -0.497 e. The van der Waals surface area contributed by atoms with Gasteiger partial charge in [0.1, 0.15) is 18.5 Å². The van der Waals surface area contributed by atoms with Gasteiger partial charge in [-0.1, -0.05) is 24.3 Å².